The van der Waals surface area contributed by atoms with E-state index in [0.717, 1.165) is 88.7 Å². The van der Waals surface area contributed by atoms with Crippen LogP contribution in [-0.4, -0.2) is 15.0 Å². The van der Waals surface area contributed by atoms with Crippen molar-refractivity contribution in [2.75, 3.05) is 0 Å². The number of hydrogen-bond acceptors (Lipinski definition) is 4. The van der Waals surface area contributed by atoms with Crippen LogP contribution in [0, 0.1) is 0 Å². The lowest BCUT2D eigenvalue weighted by molar-refractivity contribution is 0.673. The molecule has 0 fully saturated rings. The molecule has 0 N–H and O–H groups in total. The van der Waals surface area contributed by atoms with Crippen molar-refractivity contribution in [1.29, 1.82) is 0 Å². The highest BCUT2D eigenvalue weighted by atomic mass is 16.3. The smallest absolute Gasteiger partial charge is 0.160 e. The summed E-state index contributed by atoms with van der Waals surface area (Å²) in [5.74, 6) is 0.699. The second-order valence-corrected chi connectivity index (χ2v) is 14.4. The normalized spacial score (nSPS) is 11.5. The molecule has 0 aliphatic carbocycles. The van der Waals surface area contributed by atoms with E-state index in [-0.39, 0.29) is 0 Å². The van der Waals surface area contributed by atoms with Gasteiger partial charge in [0.15, 0.2) is 5.82 Å². The fourth-order valence-electron chi connectivity index (χ4n) is 8.01. The van der Waals surface area contributed by atoms with Crippen molar-refractivity contribution >= 4 is 43.6 Å². The van der Waals surface area contributed by atoms with E-state index in [1.807, 2.05) is 36.4 Å². The molecule has 0 aliphatic rings. The average Bonchev–Trinajstić information content (AvgIpc) is 3.69. The molecule has 0 unspecified atom stereocenters. The first-order valence-electron chi connectivity index (χ1n) is 19.2. The van der Waals surface area contributed by atoms with E-state index in [0.29, 0.717) is 5.82 Å². The van der Waals surface area contributed by atoms with Gasteiger partial charge in [0.05, 0.1) is 33.4 Å². The molecule has 0 amide bonds. The molecule has 0 saturated heterocycles. The Morgan fingerprint density at radius 1 is 0.333 bits per heavy atom. The summed E-state index contributed by atoms with van der Waals surface area (Å²) >= 11 is 0. The van der Waals surface area contributed by atoms with Crippen molar-refractivity contribution in [3.63, 3.8) is 0 Å². The summed E-state index contributed by atoms with van der Waals surface area (Å²) in [6.45, 7) is 0. The molecular weight excluding hydrogens is 695 g/mol. The third-order valence-electron chi connectivity index (χ3n) is 10.9. The first kappa shape index (κ1) is 32.7. The molecule has 11 rings (SSSR count). The molecule has 8 aromatic carbocycles. The van der Waals surface area contributed by atoms with Gasteiger partial charge in [-0.2, -0.15) is 0 Å². The number of furan rings is 1. The van der Waals surface area contributed by atoms with Crippen molar-refractivity contribution in [2.45, 2.75) is 0 Å². The third-order valence-corrected chi connectivity index (χ3v) is 10.9. The molecule has 0 radical (unpaired) electrons. The fourth-order valence-corrected chi connectivity index (χ4v) is 8.01. The van der Waals surface area contributed by atoms with Gasteiger partial charge >= 0.3 is 0 Å². The maximum atomic E-state index is 6.61. The molecule has 0 saturated carbocycles. The van der Waals surface area contributed by atoms with Crippen molar-refractivity contribution < 1.29 is 4.42 Å². The SMILES string of the molecule is c1ccc(-c2ccc(-c3cc(-c4ccc(-c5ccc(-c6nc7ccc8ccccc8c7c7oc8ccccc8c67)cc5)cc4)nc(-c4ccccc4)n3)cc2)cc1. The summed E-state index contributed by atoms with van der Waals surface area (Å²) in [4.78, 5) is 15.4. The Hall–Kier alpha value is -7.69. The lowest BCUT2D eigenvalue weighted by atomic mass is 9.97. The molecule has 0 bridgehead atoms. The van der Waals surface area contributed by atoms with Crippen LogP contribution in [0.2, 0.25) is 0 Å². The zero-order valence-electron chi connectivity index (χ0n) is 30.8. The Morgan fingerprint density at radius 3 is 1.46 bits per heavy atom. The Bertz CT molecular complexity index is 3240. The Morgan fingerprint density at radius 2 is 0.825 bits per heavy atom. The highest BCUT2D eigenvalue weighted by molar-refractivity contribution is 6.25. The van der Waals surface area contributed by atoms with Crippen LogP contribution in [0.3, 0.4) is 0 Å². The van der Waals surface area contributed by atoms with E-state index >= 15 is 0 Å². The van der Waals surface area contributed by atoms with Crippen LogP contribution >= 0.6 is 0 Å². The lowest BCUT2D eigenvalue weighted by Crippen LogP contribution is -1.96. The summed E-state index contributed by atoms with van der Waals surface area (Å²) < 4.78 is 6.61. The van der Waals surface area contributed by atoms with Gasteiger partial charge in [0.1, 0.15) is 11.2 Å². The molecule has 0 spiro atoms. The van der Waals surface area contributed by atoms with E-state index in [1.54, 1.807) is 0 Å². The Balaban J connectivity index is 0.950. The van der Waals surface area contributed by atoms with E-state index in [4.69, 9.17) is 19.4 Å². The summed E-state index contributed by atoms with van der Waals surface area (Å²) in [7, 11) is 0. The van der Waals surface area contributed by atoms with Gasteiger partial charge in [-0.25, -0.2) is 15.0 Å². The van der Waals surface area contributed by atoms with Crippen LogP contribution in [0.4, 0.5) is 0 Å². The van der Waals surface area contributed by atoms with Crippen LogP contribution in [0.5, 0.6) is 0 Å². The minimum atomic E-state index is 0.699. The van der Waals surface area contributed by atoms with Gasteiger partial charge in [-0.05, 0) is 51.2 Å². The van der Waals surface area contributed by atoms with Gasteiger partial charge in [-0.1, -0.05) is 182 Å². The summed E-state index contributed by atoms with van der Waals surface area (Å²) in [6.07, 6.45) is 0. The van der Waals surface area contributed by atoms with Gasteiger partial charge in [0.2, 0.25) is 0 Å². The van der Waals surface area contributed by atoms with Crippen LogP contribution in [-0.2, 0) is 0 Å². The first-order valence-corrected chi connectivity index (χ1v) is 19.2. The van der Waals surface area contributed by atoms with Crippen molar-refractivity contribution in [3.05, 3.63) is 200 Å². The zero-order valence-corrected chi connectivity index (χ0v) is 30.8. The van der Waals surface area contributed by atoms with Crippen LogP contribution in [0.1, 0.15) is 0 Å². The predicted octanol–water partition coefficient (Wildman–Crippen LogP) is 14.1. The second-order valence-electron chi connectivity index (χ2n) is 14.4. The number of aromatic nitrogens is 3. The highest BCUT2D eigenvalue weighted by Crippen LogP contribution is 2.42. The summed E-state index contributed by atoms with van der Waals surface area (Å²) in [5, 5.41) is 5.47. The fraction of sp³-hybridized carbons (Fsp3) is 0. The van der Waals surface area contributed by atoms with Crippen molar-refractivity contribution in [3.8, 4) is 67.4 Å². The highest BCUT2D eigenvalue weighted by Gasteiger charge is 2.19. The standard InChI is InChI=1S/C53H33N3O/c1-3-11-34(12-4-1)35-19-25-39(26-20-35)46-33-47(56-53(55-46)42-14-5-2-6-15-42)40-27-21-36(22-28-40)37-23-29-41(30-24-37)51-50-44-17-9-10-18-48(44)57-52(50)49-43-16-8-7-13-38(43)31-32-45(49)54-51/h1-33H. The molecule has 4 nitrogen and oxygen atoms in total. The minimum absolute atomic E-state index is 0.699. The molecule has 11 aromatic rings. The summed E-state index contributed by atoms with van der Waals surface area (Å²) in [5.41, 5.74) is 14.0. The van der Waals surface area contributed by atoms with E-state index in [1.165, 1.54) is 16.5 Å². The average molecular weight is 728 g/mol. The molecule has 0 aliphatic heterocycles. The van der Waals surface area contributed by atoms with E-state index in [9.17, 15) is 0 Å². The molecule has 3 aromatic heterocycles. The Labute approximate surface area is 329 Å². The number of para-hydroxylation sites is 1. The van der Waals surface area contributed by atoms with Gasteiger partial charge < -0.3 is 4.42 Å². The monoisotopic (exact) mass is 727 g/mol. The maximum absolute atomic E-state index is 6.61. The van der Waals surface area contributed by atoms with Crippen molar-refractivity contribution in [2.24, 2.45) is 0 Å². The first-order chi connectivity index (χ1) is 28.2. The number of fused-ring (bicyclic) bond motifs is 7. The molecule has 266 valence electrons. The molecule has 3 heterocycles. The van der Waals surface area contributed by atoms with Gasteiger partial charge in [-0.3, -0.25) is 0 Å². The number of rotatable bonds is 6. The van der Waals surface area contributed by atoms with E-state index in [2.05, 4.69) is 164 Å². The van der Waals surface area contributed by atoms with Gasteiger partial charge in [0, 0.05) is 27.6 Å². The largest absolute Gasteiger partial charge is 0.455 e. The Kier molecular flexibility index (Phi) is 7.78. The quantitative estimate of drug-likeness (QED) is 0.160. The lowest BCUT2D eigenvalue weighted by Gasteiger charge is -2.11. The molecular formula is C53H33N3O. The molecule has 0 atom stereocenters. The number of nitrogens with zero attached hydrogens (tertiary/aromatic N) is 3. The van der Waals surface area contributed by atoms with Crippen LogP contribution < -0.4 is 0 Å². The van der Waals surface area contributed by atoms with Crippen LogP contribution in [0.25, 0.3) is 111 Å². The third kappa shape index (κ3) is 5.83. The summed E-state index contributed by atoms with van der Waals surface area (Å²) in [6, 6.07) is 69.6. The van der Waals surface area contributed by atoms with E-state index < -0.39 is 0 Å². The minimum Gasteiger partial charge on any atom is -0.455 e. The number of hydrogen-bond donors (Lipinski definition) is 0. The molecule has 4 heteroatoms. The number of pyridine rings is 1. The number of benzene rings is 8. The second kappa shape index (κ2) is 13.6. The van der Waals surface area contributed by atoms with Crippen LogP contribution in [0.15, 0.2) is 205 Å². The van der Waals surface area contributed by atoms with Crippen molar-refractivity contribution in [1.82, 2.24) is 15.0 Å². The maximum Gasteiger partial charge on any atom is 0.160 e. The molecule has 57 heavy (non-hydrogen) atoms. The predicted molar refractivity (Wildman–Crippen MR) is 235 cm³/mol. The topological polar surface area (TPSA) is 51.8 Å². The zero-order chi connectivity index (χ0) is 37.7. The van der Waals surface area contributed by atoms with Gasteiger partial charge in [-0.15, -0.1) is 0 Å². The van der Waals surface area contributed by atoms with Gasteiger partial charge in [0.25, 0.3) is 0 Å².